The zero-order chi connectivity index (χ0) is 18.2. The predicted octanol–water partition coefficient (Wildman–Crippen LogP) is 3.37. The van der Waals surface area contributed by atoms with Gasteiger partial charge in [0.05, 0.1) is 0 Å². The van der Waals surface area contributed by atoms with Crippen molar-refractivity contribution in [1.82, 2.24) is 15.5 Å². The van der Waals surface area contributed by atoms with E-state index in [2.05, 4.69) is 39.6 Å². The average molecular weight is 370 g/mol. The number of carbonyl (C=O) groups excluding carboxylic acids is 1. The van der Waals surface area contributed by atoms with Crippen LogP contribution < -0.4 is 10.2 Å². The number of nitrogens with zero attached hydrogens (tertiary/aromatic N) is 3. The van der Waals surface area contributed by atoms with Gasteiger partial charge in [0.2, 0.25) is 17.7 Å². The van der Waals surface area contributed by atoms with Crippen molar-refractivity contribution in [3.63, 3.8) is 0 Å². The molecule has 1 aromatic carbocycles. The lowest BCUT2D eigenvalue weighted by Crippen LogP contribution is -2.28. The minimum absolute atomic E-state index is 0.00245. The molecule has 0 atom stereocenters. The van der Waals surface area contributed by atoms with E-state index in [-0.39, 0.29) is 5.91 Å². The lowest BCUT2D eigenvalue weighted by molar-refractivity contribution is -0.121. The van der Waals surface area contributed by atoms with Crippen LogP contribution in [-0.4, -0.2) is 36.2 Å². The zero-order valence-corrected chi connectivity index (χ0v) is 15.5. The van der Waals surface area contributed by atoms with E-state index < -0.39 is 0 Å². The largest absolute Gasteiger partial charge is 0.421 e. The highest BCUT2D eigenvalue weighted by atomic mass is 32.1. The van der Waals surface area contributed by atoms with E-state index in [1.54, 1.807) is 11.3 Å². The van der Waals surface area contributed by atoms with E-state index in [0.29, 0.717) is 31.2 Å². The number of thiophene rings is 1. The smallest absolute Gasteiger partial charge is 0.248 e. The summed E-state index contributed by atoms with van der Waals surface area (Å²) in [4.78, 5) is 14.1. The van der Waals surface area contributed by atoms with Crippen LogP contribution in [0.2, 0.25) is 0 Å². The summed E-state index contributed by atoms with van der Waals surface area (Å²) in [6.45, 7) is 1.54. The maximum absolute atomic E-state index is 12.0. The maximum atomic E-state index is 12.0. The number of aromatic nitrogens is 2. The van der Waals surface area contributed by atoms with Gasteiger partial charge in [-0.05, 0) is 30.0 Å². The van der Waals surface area contributed by atoms with E-state index in [4.69, 9.17) is 4.42 Å². The summed E-state index contributed by atoms with van der Waals surface area (Å²) >= 11 is 1.58. The number of anilines is 1. The molecule has 0 saturated heterocycles. The summed E-state index contributed by atoms with van der Waals surface area (Å²) < 4.78 is 5.58. The molecule has 0 spiro atoms. The standard InChI is InChI=1S/C19H22N4O2S/c1-23(16-6-3-2-4-7-16)12-5-11-20-17(24)8-9-18-21-22-19(25-18)15-10-13-26-14-15/h2-4,6-7,10,13-14H,5,8-9,11-12H2,1H3,(H,20,24). The molecule has 3 aromatic rings. The van der Waals surface area contributed by atoms with Gasteiger partial charge in [-0.1, -0.05) is 18.2 Å². The normalized spacial score (nSPS) is 10.7. The van der Waals surface area contributed by atoms with Crippen LogP contribution in [0.15, 0.2) is 51.6 Å². The summed E-state index contributed by atoms with van der Waals surface area (Å²) in [5, 5.41) is 14.9. The number of nitrogens with one attached hydrogen (secondary N) is 1. The molecule has 1 amide bonds. The molecule has 26 heavy (non-hydrogen) atoms. The van der Waals surface area contributed by atoms with Gasteiger partial charge in [0.1, 0.15) is 0 Å². The molecule has 6 nitrogen and oxygen atoms in total. The second-order valence-corrected chi connectivity index (χ2v) is 6.75. The van der Waals surface area contributed by atoms with Crippen molar-refractivity contribution in [3.8, 4) is 11.5 Å². The van der Waals surface area contributed by atoms with Gasteiger partial charge in [-0.2, -0.15) is 11.3 Å². The van der Waals surface area contributed by atoms with Crippen LogP contribution in [0, 0.1) is 0 Å². The molecule has 0 aliphatic carbocycles. The summed E-state index contributed by atoms with van der Waals surface area (Å²) in [7, 11) is 2.05. The molecular formula is C19H22N4O2S. The first kappa shape index (κ1) is 18.1. The molecule has 0 saturated carbocycles. The van der Waals surface area contributed by atoms with Gasteiger partial charge in [-0.25, -0.2) is 0 Å². The van der Waals surface area contributed by atoms with Crippen molar-refractivity contribution in [2.45, 2.75) is 19.3 Å². The fourth-order valence-corrected chi connectivity index (χ4v) is 3.15. The Morgan fingerprint density at radius 2 is 2.08 bits per heavy atom. The van der Waals surface area contributed by atoms with Gasteiger partial charge in [0.15, 0.2) is 0 Å². The molecule has 0 unspecified atom stereocenters. The molecule has 2 heterocycles. The number of hydrogen-bond acceptors (Lipinski definition) is 6. The van der Waals surface area contributed by atoms with Crippen molar-refractivity contribution in [1.29, 1.82) is 0 Å². The number of hydrogen-bond donors (Lipinski definition) is 1. The number of carbonyl (C=O) groups is 1. The molecule has 0 aliphatic rings. The van der Waals surface area contributed by atoms with E-state index in [1.165, 1.54) is 5.69 Å². The molecule has 2 aromatic heterocycles. The van der Waals surface area contributed by atoms with Crippen LogP contribution in [0.3, 0.4) is 0 Å². The first-order valence-electron chi connectivity index (χ1n) is 8.60. The number of amides is 1. The topological polar surface area (TPSA) is 71.3 Å². The first-order chi connectivity index (χ1) is 12.7. The Hall–Kier alpha value is -2.67. The molecular weight excluding hydrogens is 348 g/mol. The fraction of sp³-hybridized carbons (Fsp3) is 0.316. The molecule has 0 radical (unpaired) electrons. The second kappa shape index (κ2) is 9.15. The van der Waals surface area contributed by atoms with E-state index in [1.807, 2.05) is 35.0 Å². The number of aryl methyl sites for hydroxylation is 1. The lowest BCUT2D eigenvalue weighted by Gasteiger charge is -2.19. The molecule has 0 bridgehead atoms. The Morgan fingerprint density at radius 1 is 1.23 bits per heavy atom. The summed E-state index contributed by atoms with van der Waals surface area (Å²) in [6, 6.07) is 12.1. The minimum Gasteiger partial charge on any atom is -0.421 e. The van der Waals surface area contributed by atoms with Crippen LogP contribution in [0.25, 0.3) is 11.5 Å². The Bertz CT molecular complexity index is 802. The van der Waals surface area contributed by atoms with E-state index in [0.717, 1.165) is 18.5 Å². The molecule has 0 aliphatic heterocycles. The monoisotopic (exact) mass is 370 g/mol. The lowest BCUT2D eigenvalue weighted by atomic mass is 10.2. The highest BCUT2D eigenvalue weighted by Crippen LogP contribution is 2.20. The highest BCUT2D eigenvalue weighted by Gasteiger charge is 2.10. The highest BCUT2D eigenvalue weighted by molar-refractivity contribution is 7.08. The quantitative estimate of drug-likeness (QED) is 0.585. The van der Waals surface area contributed by atoms with Crippen molar-refractivity contribution >= 4 is 22.9 Å². The Labute approximate surface area is 156 Å². The SMILES string of the molecule is CN(CCCNC(=O)CCc1nnc(-c2ccsc2)o1)c1ccccc1. The van der Waals surface area contributed by atoms with Crippen LogP contribution in [0.4, 0.5) is 5.69 Å². The van der Waals surface area contributed by atoms with Crippen LogP contribution >= 0.6 is 11.3 Å². The maximum Gasteiger partial charge on any atom is 0.248 e. The minimum atomic E-state index is 0.00245. The summed E-state index contributed by atoms with van der Waals surface area (Å²) in [5.41, 5.74) is 2.09. The molecule has 1 N–H and O–H groups in total. The third-order valence-corrected chi connectivity index (χ3v) is 4.67. The fourth-order valence-electron chi connectivity index (χ4n) is 2.52. The summed E-state index contributed by atoms with van der Waals surface area (Å²) in [6.07, 6.45) is 1.69. The van der Waals surface area contributed by atoms with Gasteiger partial charge >= 0.3 is 0 Å². The Kier molecular flexibility index (Phi) is 6.38. The van der Waals surface area contributed by atoms with Crippen molar-refractivity contribution in [2.24, 2.45) is 0 Å². The Balaban J connectivity index is 1.33. The second-order valence-electron chi connectivity index (χ2n) is 5.97. The molecule has 136 valence electrons. The van der Waals surface area contributed by atoms with Crippen molar-refractivity contribution in [3.05, 3.63) is 53.0 Å². The van der Waals surface area contributed by atoms with Gasteiger partial charge in [-0.15, -0.1) is 10.2 Å². The van der Waals surface area contributed by atoms with Crippen LogP contribution in [0.1, 0.15) is 18.7 Å². The van der Waals surface area contributed by atoms with Crippen molar-refractivity contribution in [2.75, 3.05) is 25.0 Å². The first-order valence-corrected chi connectivity index (χ1v) is 9.54. The molecule has 7 heteroatoms. The van der Waals surface area contributed by atoms with Gasteiger partial charge in [-0.3, -0.25) is 4.79 Å². The number of rotatable bonds is 9. The van der Waals surface area contributed by atoms with Gasteiger partial charge in [0.25, 0.3) is 0 Å². The van der Waals surface area contributed by atoms with Gasteiger partial charge < -0.3 is 14.6 Å². The third kappa shape index (κ3) is 5.16. The van der Waals surface area contributed by atoms with Crippen molar-refractivity contribution < 1.29 is 9.21 Å². The van der Waals surface area contributed by atoms with E-state index >= 15 is 0 Å². The third-order valence-electron chi connectivity index (χ3n) is 3.99. The molecule has 0 fully saturated rings. The van der Waals surface area contributed by atoms with Crippen LogP contribution in [0.5, 0.6) is 0 Å². The average Bonchev–Trinajstić information content (AvgIpc) is 3.35. The summed E-state index contributed by atoms with van der Waals surface area (Å²) in [5.74, 6) is 0.999. The van der Waals surface area contributed by atoms with Crippen LogP contribution in [-0.2, 0) is 11.2 Å². The number of para-hydroxylation sites is 1. The van der Waals surface area contributed by atoms with E-state index in [9.17, 15) is 4.79 Å². The Morgan fingerprint density at radius 3 is 2.85 bits per heavy atom. The predicted molar refractivity (Wildman–Crippen MR) is 103 cm³/mol. The number of benzene rings is 1. The van der Waals surface area contributed by atoms with Gasteiger partial charge in [0, 0.05) is 49.6 Å². The molecule has 3 rings (SSSR count). The zero-order valence-electron chi connectivity index (χ0n) is 14.7.